The lowest BCUT2D eigenvalue weighted by Crippen LogP contribution is -2.42. The van der Waals surface area contributed by atoms with E-state index in [1.165, 1.54) is 12.1 Å². The molecular formula is C25H27FN4O2. The minimum Gasteiger partial charge on any atom is -0.369 e. The molecule has 0 spiro atoms. The molecule has 0 unspecified atom stereocenters. The Morgan fingerprint density at radius 1 is 1.16 bits per heavy atom. The van der Waals surface area contributed by atoms with E-state index < -0.39 is 11.3 Å². The Morgan fingerprint density at radius 2 is 1.91 bits per heavy atom. The first-order valence-corrected chi connectivity index (χ1v) is 10.8. The third-order valence-corrected chi connectivity index (χ3v) is 6.19. The molecule has 0 aliphatic carbocycles. The second-order valence-corrected chi connectivity index (χ2v) is 8.81. The molecule has 2 N–H and O–H groups in total. The first-order valence-electron chi connectivity index (χ1n) is 10.8. The van der Waals surface area contributed by atoms with Crippen molar-refractivity contribution in [2.75, 3.05) is 13.1 Å². The molecule has 2 amide bonds. The van der Waals surface area contributed by atoms with Crippen LogP contribution in [0.4, 0.5) is 4.39 Å². The fourth-order valence-corrected chi connectivity index (χ4v) is 4.29. The highest BCUT2D eigenvalue weighted by Crippen LogP contribution is 2.35. The van der Waals surface area contributed by atoms with Crippen molar-refractivity contribution in [3.8, 4) is 11.1 Å². The number of likely N-dealkylation sites (tertiary alicyclic amines) is 1. The van der Waals surface area contributed by atoms with E-state index in [0.29, 0.717) is 24.9 Å². The Morgan fingerprint density at radius 3 is 2.56 bits per heavy atom. The van der Waals surface area contributed by atoms with Gasteiger partial charge in [-0.1, -0.05) is 36.4 Å². The van der Waals surface area contributed by atoms with Crippen molar-refractivity contribution in [2.24, 2.45) is 11.1 Å². The average Bonchev–Trinajstić information content (AvgIpc) is 3.43. The largest absolute Gasteiger partial charge is 0.369 e. The molecule has 1 fully saturated rings. The fourth-order valence-electron chi connectivity index (χ4n) is 4.29. The molecule has 0 radical (unpaired) electrons. The van der Waals surface area contributed by atoms with E-state index in [9.17, 15) is 14.0 Å². The third kappa shape index (κ3) is 4.28. The molecule has 7 heteroatoms. The molecule has 166 valence electrons. The zero-order chi connectivity index (χ0) is 22.9. The number of nitrogens with two attached hydrogens (primary N) is 1. The normalized spacial score (nSPS) is 18.3. The quantitative estimate of drug-likeness (QED) is 0.640. The van der Waals surface area contributed by atoms with Gasteiger partial charge in [0.15, 0.2) is 0 Å². The fraction of sp³-hybridized carbons (Fsp3) is 0.320. The number of halogens is 1. The molecule has 32 heavy (non-hydrogen) atoms. The maximum Gasteiger partial charge on any atom is 0.257 e. The van der Waals surface area contributed by atoms with Crippen LogP contribution >= 0.6 is 0 Å². The van der Waals surface area contributed by atoms with Crippen molar-refractivity contribution >= 4 is 11.8 Å². The minimum absolute atomic E-state index is 0.139. The van der Waals surface area contributed by atoms with Gasteiger partial charge in [-0.05, 0) is 55.5 Å². The topological polar surface area (TPSA) is 81.2 Å². The van der Waals surface area contributed by atoms with Gasteiger partial charge >= 0.3 is 0 Å². The van der Waals surface area contributed by atoms with Crippen LogP contribution in [-0.2, 0) is 11.2 Å². The summed E-state index contributed by atoms with van der Waals surface area (Å²) in [6.07, 6.45) is 4.25. The second kappa shape index (κ2) is 8.57. The van der Waals surface area contributed by atoms with Crippen LogP contribution in [0, 0.1) is 11.2 Å². The molecular weight excluding hydrogens is 407 g/mol. The number of carbonyl (C=O) groups is 2. The molecule has 0 saturated carbocycles. The van der Waals surface area contributed by atoms with Crippen molar-refractivity contribution in [1.29, 1.82) is 0 Å². The Hall–Kier alpha value is -3.48. The van der Waals surface area contributed by atoms with Crippen LogP contribution < -0.4 is 5.73 Å². The van der Waals surface area contributed by atoms with Crippen LogP contribution in [0.1, 0.15) is 42.2 Å². The summed E-state index contributed by atoms with van der Waals surface area (Å²) in [4.78, 5) is 27.2. The summed E-state index contributed by atoms with van der Waals surface area (Å²) in [7, 11) is 0. The smallest absolute Gasteiger partial charge is 0.257 e. The maximum absolute atomic E-state index is 13.3. The third-order valence-electron chi connectivity index (χ3n) is 6.19. The van der Waals surface area contributed by atoms with E-state index in [1.54, 1.807) is 34.1 Å². The highest BCUT2D eigenvalue weighted by molar-refractivity contribution is 5.95. The number of aromatic nitrogens is 2. The first-order chi connectivity index (χ1) is 15.3. The lowest BCUT2D eigenvalue weighted by Gasteiger charge is -2.26. The van der Waals surface area contributed by atoms with Gasteiger partial charge in [0.05, 0.1) is 17.2 Å². The zero-order valence-corrected chi connectivity index (χ0v) is 18.3. The lowest BCUT2D eigenvalue weighted by atomic mass is 9.79. The summed E-state index contributed by atoms with van der Waals surface area (Å²) in [5, 5.41) is 4.25. The maximum atomic E-state index is 13.3. The highest BCUT2D eigenvalue weighted by Gasteiger charge is 2.45. The van der Waals surface area contributed by atoms with Crippen molar-refractivity contribution in [3.63, 3.8) is 0 Å². The van der Waals surface area contributed by atoms with Crippen molar-refractivity contribution in [3.05, 3.63) is 77.9 Å². The minimum atomic E-state index is -0.828. The van der Waals surface area contributed by atoms with Gasteiger partial charge in [0.2, 0.25) is 5.91 Å². The summed E-state index contributed by atoms with van der Waals surface area (Å²) in [5.74, 6) is -0.829. The molecule has 4 rings (SSSR count). The number of carbonyl (C=O) groups excluding carboxylic acids is 2. The highest BCUT2D eigenvalue weighted by atomic mass is 19.1. The second-order valence-electron chi connectivity index (χ2n) is 8.81. The Bertz CT molecular complexity index is 1140. The first kappa shape index (κ1) is 21.7. The molecule has 2 heterocycles. The van der Waals surface area contributed by atoms with Crippen LogP contribution in [0.5, 0.6) is 0 Å². The number of nitrogens with zero attached hydrogens (tertiary/aromatic N) is 3. The predicted molar refractivity (Wildman–Crippen MR) is 120 cm³/mol. The standard InChI is InChI=1S/C25H27FN4O2/c1-17(2)30-15-21(14-28-30)23(31)29-11-10-25(16-29,24(27)32)13-18-4-3-5-20(12-18)19-6-8-22(26)9-7-19/h3-9,12,14-15,17H,10-11,13,16H2,1-2H3,(H2,27,32)/t25-/m0/s1. The number of benzene rings is 2. The van der Waals surface area contributed by atoms with E-state index in [4.69, 9.17) is 5.73 Å². The van der Waals surface area contributed by atoms with Gasteiger partial charge in [-0.25, -0.2) is 4.39 Å². The van der Waals surface area contributed by atoms with Gasteiger partial charge in [0, 0.05) is 25.3 Å². The van der Waals surface area contributed by atoms with Gasteiger partial charge in [-0.3, -0.25) is 14.3 Å². The van der Waals surface area contributed by atoms with Gasteiger partial charge in [0.25, 0.3) is 5.91 Å². The summed E-state index contributed by atoms with van der Waals surface area (Å²) in [6.45, 7) is 4.73. The van der Waals surface area contributed by atoms with Crippen molar-refractivity contribution in [2.45, 2.75) is 32.7 Å². The van der Waals surface area contributed by atoms with Gasteiger partial charge < -0.3 is 10.6 Å². The molecule has 6 nitrogen and oxygen atoms in total. The molecule has 3 aromatic rings. The number of hydrogen-bond donors (Lipinski definition) is 1. The number of hydrogen-bond acceptors (Lipinski definition) is 3. The summed E-state index contributed by atoms with van der Waals surface area (Å²) >= 11 is 0. The number of primary amides is 1. The van der Waals surface area contributed by atoms with Crippen LogP contribution in [0.3, 0.4) is 0 Å². The van der Waals surface area contributed by atoms with Crippen LogP contribution in [0.25, 0.3) is 11.1 Å². The monoisotopic (exact) mass is 434 g/mol. The summed E-state index contributed by atoms with van der Waals surface area (Å²) in [6, 6.07) is 14.3. The Labute approximate surface area is 186 Å². The van der Waals surface area contributed by atoms with E-state index in [0.717, 1.165) is 16.7 Å². The molecule has 2 aromatic carbocycles. The molecule has 1 atom stereocenters. The van der Waals surface area contributed by atoms with E-state index in [-0.39, 0.29) is 24.3 Å². The van der Waals surface area contributed by atoms with E-state index in [1.807, 2.05) is 38.1 Å². The number of rotatable bonds is 6. The predicted octanol–water partition coefficient (Wildman–Crippen LogP) is 3.83. The Balaban J connectivity index is 1.54. The number of amides is 2. The molecule has 1 saturated heterocycles. The van der Waals surface area contributed by atoms with Gasteiger partial charge in [0.1, 0.15) is 5.82 Å². The summed E-state index contributed by atoms with van der Waals surface area (Å²) < 4.78 is 15.0. The van der Waals surface area contributed by atoms with E-state index in [2.05, 4.69) is 5.10 Å². The van der Waals surface area contributed by atoms with Gasteiger partial charge in [-0.2, -0.15) is 5.10 Å². The summed E-state index contributed by atoms with van der Waals surface area (Å²) in [5.41, 5.74) is 8.32. The van der Waals surface area contributed by atoms with Crippen molar-refractivity contribution < 1.29 is 14.0 Å². The van der Waals surface area contributed by atoms with E-state index >= 15 is 0 Å². The average molecular weight is 435 g/mol. The van der Waals surface area contributed by atoms with Gasteiger partial charge in [-0.15, -0.1) is 0 Å². The van der Waals surface area contributed by atoms with Crippen LogP contribution in [0.15, 0.2) is 60.9 Å². The van der Waals surface area contributed by atoms with Crippen LogP contribution in [0.2, 0.25) is 0 Å². The van der Waals surface area contributed by atoms with Crippen molar-refractivity contribution in [1.82, 2.24) is 14.7 Å². The zero-order valence-electron chi connectivity index (χ0n) is 18.3. The molecule has 1 aliphatic heterocycles. The molecule has 0 bridgehead atoms. The Kier molecular flexibility index (Phi) is 5.82. The lowest BCUT2D eigenvalue weighted by molar-refractivity contribution is -0.126. The SMILES string of the molecule is CC(C)n1cc(C(=O)N2CC[C@@](Cc3cccc(-c4ccc(F)cc4)c3)(C(N)=O)C2)cn1. The van der Waals surface area contributed by atoms with Crippen LogP contribution in [-0.4, -0.2) is 39.6 Å². The molecule has 1 aliphatic rings. The molecule has 1 aromatic heterocycles.